The van der Waals surface area contributed by atoms with E-state index in [9.17, 15) is 4.79 Å². The maximum Gasteiger partial charge on any atom is 0.271 e. The van der Waals surface area contributed by atoms with Crippen LogP contribution in [0.25, 0.3) is 5.65 Å². The predicted octanol–water partition coefficient (Wildman–Crippen LogP) is 2.04. The average molecular weight is 246 g/mol. The third-order valence-corrected chi connectivity index (χ3v) is 2.78. The second-order valence-corrected chi connectivity index (χ2v) is 4.27. The second kappa shape index (κ2) is 6.14. The van der Waals surface area contributed by atoms with E-state index < -0.39 is 0 Å². The monoisotopic (exact) mass is 246 g/mol. The normalized spacial score (nSPS) is 10.7. The molecule has 0 saturated heterocycles. The smallest absolute Gasteiger partial charge is 0.271 e. The van der Waals surface area contributed by atoms with Crippen LogP contribution in [0, 0.1) is 0 Å². The van der Waals surface area contributed by atoms with Crippen molar-refractivity contribution in [1.29, 1.82) is 0 Å². The summed E-state index contributed by atoms with van der Waals surface area (Å²) in [7, 11) is 0. The Bertz CT molecular complexity index is 487. The largest absolute Gasteiger partial charge is 0.351 e. The molecule has 0 unspecified atom stereocenters. The van der Waals surface area contributed by atoms with Crippen molar-refractivity contribution in [3.63, 3.8) is 0 Å². The molecule has 2 heterocycles. The summed E-state index contributed by atoms with van der Waals surface area (Å²) in [5.74, 6) is -0.128. The number of fused-ring (bicyclic) bond motifs is 1. The molecule has 0 saturated carbocycles. The van der Waals surface area contributed by atoms with Crippen molar-refractivity contribution >= 4 is 11.6 Å². The molecule has 0 spiro atoms. The van der Waals surface area contributed by atoms with Crippen LogP contribution in [0.3, 0.4) is 0 Å². The van der Waals surface area contributed by atoms with Gasteiger partial charge in [0, 0.05) is 25.0 Å². The molecular weight excluding hydrogens is 228 g/mol. The molecule has 0 aliphatic rings. The first-order valence-corrected chi connectivity index (χ1v) is 6.40. The van der Waals surface area contributed by atoms with Gasteiger partial charge in [-0.1, -0.05) is 26.2 Å². The summed E-state index contributed by atoms with van der Waals surface area (Å²) in [4.78, 5) is 16.0. The third kappa shape index (κ3) is 3.06. The fraction of sp³-hybridized carbons (Fsp3) is 0.462. The van der Waals surface area contributed by atoms with Gasteiger partial charge in [0.1, 0.15) is 0 Å². The minimum absolute atomic E-state index is 0.128. The maximum atomic E-state index is 11.8. The molecule has 5 nitrogen and oxygen atoms in total. The molecule has 0 aliphatic carbocycles. The van der Waals surface area contributed by atoms with E-state index in [2.05, 4.69) is 22.3 Å². The number of rotatable bonds is 6. The highest BCUT2D eigenvalue weighted by molar-refractivity contribution is 5.93. The third-order valence-electron chi connectivity index (χ3n) is 2.78. The van der Waals surface area contributed by atoms with Crippen molar-refractivity contribution in [3.8, 4) is 0 Å². The van der Waals surface area contributed by atoms with Gasteiger partial charge in [-0.05, 0) is 12.5 Å². The van der Waals surface area contributed by atoms with Crippen molar-refractivity contribution in [2.24, 2.45) is 0 Å². The zero-order chi connectivity index (χ0) is 12.8. The molecule has 2 rings (SSSR count). The zero-order valence-corrected chi connectivity index (χ0v) is 10.6. The molecule has 18 heavy (non-hydrogen) atoms. The summed E-state index contributed by atoms with van der Waals surface area (Å²) in [6.07, 6.45) is 8.05. The van der Waals surface area contributed by atoms with Crippen molar-refractivity contribution in [2.75, 3.05) is 6.54 Å². The molecule has 96 valence electrons. The van der Waals surface area contributed by atoms with Crippen LogP contribution in [0.1, 0.15) is 43.1 Å². The molecule has 0 aromatic carbocycles. The van der Waals surface area contributed by atoms with E-state index in [1.807, 2.05) is 0 Å². The Morgan fingerprint density at radius 3 is 3.06 bits per heavy atom. The van der Waals surface area contributed by atoms with Gasteiger partial charge in [0.05, 0.1) is 0 Å². The molecule has 2 aromatic rings. The van der Waals surface area contributed by atoms with E-state index in [0.717, 1.165) is 12.8 Å². The Morgan fingerprint density at radius 2 is 2.28 bits per heavy atom. The van der Waals surface area contributed by atoms with Gasteiger partial charge in [-0.15, -0.1) is 0 Å². The van der Waals surface area contributed by atoms with Gasteiger partial charge in [0.15, 0.2) is 11.3 Å². The maximum absolute atomic E-state index is 11.8. The average Bonchev–Trinajstić information content (AvgIpc) is 2.82. The molecule has 0 atom stereocenters. The van der Waals surface area contributed by atoms with Gasteiger partial charge in [-0.2, -0.15) is 5.10 Å². The number of hydrogen-bond donors (Lipinski definition) is 1. The summed E-state index contributed by atoms with van der Waals surface area (Å²) in [6.45, 7) is 2.88. The summed E-state index contributed by atoms with van der Waals surface area (Å²) < 4.78 is 1.60. The van der Waals surface area contributed by atoms with Crippen molar-refractivity contribution < 1.29 is 4.79 Å². The highest BCUT2D eigenvalue weighted by atomic mass is 16.1. The van der Waals surface area contributed by atoms with E-state index in [1.165, 1.54) is 12.8 Å². The molecule has 1 N–H and O–H groups in total. The lowest BCUT2D eigenvalue weighted by atomic mass is 10.2. The van der Waals surface area contributed by atoms with Gasteiger partial charge >= 0.3 is 0 Å². The van der Waals surface area contributed by atoms with Crippen molar-refractivity contribution in [2.45, 2.75) is 32.6 Å². The predicted molar refractivity (Wildman–Crippen MR) is 69.5 cm³/mol. The van der Waals surface area contributed by atoms with E-state index in [1.54, 1.807) is 29.0 Å². The molecule has 0 aliphatic heterocycles. The van der Waals surface area contributed by atoms with Crippen LogP contribution in [0.2, 0.25) is 0 Å². The quantitative estimate of drug-likeness (QED) is 0.793. The number of carbonyl (C=O) groups is 1. The highest BCUT2D eigenvalue weighted by Gasteiger charge is 2.10. The number of unbranched alkanes of at least 4 members (excludes halogenated alkanes) is 3. The van der Waals surface area contributed by atoms with Crippen molar-refractivity contribution in [3.05, 3.63) is 30.2 Å². The SMILES string of the molecule is CCCCCCNC(=O)c1cc2ncccn2n1. The fourth-order valence-corrected chi connectivity index (χ4v) is 1.79. The Kier molecular flexibility index (Phi) is 4.28. The van der Waals surface area contributed by atoms with Crippen LogP contribution in [-0.2, 0) is 0 Å². The molecule has 5 heteroatoms. The summed E-state index contributed by atoms with van der Waals surface area (Å²) in [5, 5.41) is 7.05. The van der Waals surface area contributed by atoms with E-state index in [4.69, 9.17) is 0 Å². The molecular formula is C13H18N4O. The Hall–Kier alpha value is -1.91. The Balaban J connectivity index is 1.88. The van der Waals surface area contributed by atoms with Crippen molar-refractivity contribution in [1.82, 2.24) is 19.9 Å². The standard InChI is InChI=1S/C13H18N4O/c1-2-3-4-5-7-15-13(18)11-10-12-14-8-6-9-17(12)16-11/h6,8-10H,2-5,7H2,1H3,(H,15,18). The number of amides is 1. The molecule has 1 amide bonds. The lowest BCUT2D eigenvalue weighted by Gasteiger charge is -2.01. The minimum Gasteiger partial charge on any atom is -0.351 e. The molecule has 0 bridgehead atoms. The lowest BCUT2D eigenvalue weighted by molar-refractivity contribution is 0.0947. The first kappa shape index (κ1) is 12.5. The molecule has 0 radical (unpaired) electrons. The number of hydrogen-bond acceptors (Lipinski definition) is 3. The van der Waals surface area contributed by atoms with Crippen LogP contribution in [-0.4, -0.2) is 27.0 Å². The number of carbonyl (C=O) groups excluding carboxylic acids is 1. The first-order chi connectivity index (χ1) is 8.81. The van der Waals surface area contributed by atoms with E-state index in [0.29, 0.717) is 17.9 Å². The summed E-state index contributed by atoms with van der Waals surface area (Å²) in [5.41, 5.74) is 1.11. The van der Waals surface area contributed by atoms with Crippen LogP contribution in [0.5, 0.6) is 0 Å². The Morgan fingerprint density at radius 1 is 1.39 bits per heavy atom. The van der Waals surface area contributed by atoms with Gasteiger partial charge in [0.25, 0.3) is 5.91 Å². The number of nitrogens with one attached hydrogen (secondary N) is 1. The highest BCUT2D eigenvalue weighted by Crippen LogP contribution is 2.03. The fourth-order valence-electron chi connectivity index (χ4n) is 1.79. The van der Waals surface area contributed by atoms with Crippen LogP contribution in [0.4, 0.5) is 0 Å². The topological polar surface area (TPSA) is 59.3 Å². The molecule has 2 aromatic heterocycles. The van der Waals surface area contributed by atoms with Gasteiger partial charge in [-0.3, -0.25) is 4.79 Å². The summed E-state index contributed by atoms with van der Waals surface area (Å²) in [6, 6.07) is 3.48. The van der Waals surface area contributed by atoms with E-state index >= 15 is 0 Å². The molecule has 0 fully saturated rings. The Labute approximate surface area is 106 Å². The number of nitrogens with zero attached hydrogens (tertiary/aromatic N) is 3. The first-order valence-electron chi connectivity index (χ1n) is 6.40. The lowest BCUT2D eigenvalue weighted by Crippen LogP contribution is -2.24. The minimum atomic E-state index is -0.128. The number of aromatic nitrogens is 3. The van der Waals surface area contributed by atoms with Crippen LogP contribution >= 0.6 is 0 Å². The zero-order valence-electron chi connectivity index (χ0n) is 10.6. The van der Waals surface area contributed by atoms with Gasteiger partial charge in [-0.25, -0.2) is 9.50 Å². The van der Waals surface area contributed by atoms with E-state index in [-0.39, 0.29) is 5.91 Å². The van der Waals surface area contributed by atoms with Gasteiger partial charge < -0.3 is 5.32 Å². The van der Waals surface area contributed by atoms with Crippen LogP contribution in [0.15, 0.2) is 24.5 Å². The summed E-state index contributed by atoms with van der Waals surface area (Å²) >= 11 is 0. The second-order valence-electron chi connectivity index (χ2n) is 4.27. The van der Waals surface area contributed by atoms with Crippen LogP contribution < -0.4 is 5.32 Å². The van der Waals surface area contributed by atoms with Gasteiger partial charge in [0.2, 0.25) is 0 Å².